The fourth-order valence-electron chi connectivity index (χ4n) is 9.67. The largest absolute Gasteiger partial charge is 0.367 e. The van der Waals surface area contributed by atoms with Crippen LogP contribution in [-0.4, -0.2) is 142 Å². The van der Waals surface area contributed by atoms with Gasteiger partial charge in [-0.15, -0.1) is 23.5 Å². The van der Waals surface area contributed by atoms with Crippen LogP contribution in [0.25, 0.3) is 0 Å². The molecule has 4 aliphatic rings. The second-order valence-corrected chi connectivity index (χ2v) is 22.8. The average Bonchev–Trinajstić information content (AvgIpc) is 3.66. The Morgan fingerprint density at radius 3 is 1.85 bits per heavy atom. The number of carbonyl (C=O) groups is 7. The number of likely N-dealkylation sites (N-methyl/N-ethyl adjacent to an activating group) is 2. The zero-order chi connectivity index (χ0) is 52.2. The van der Waals surface area contributed by atoms with E-state index in [1.54, 1.807) is 78.6 Å². The summed E-state index contributed by atoms with van der Waals surface area (Å²) in [4.78, 5) is 99.7. The van der Waals surface area contributed by atoms with E-state index >= 15 is 0 Å². The van der Waals surface area contributed by atoms with Gasteiger partial charge in [0.2, 0.25) is 41.4 Å². The van der Waals surface area contributed by atoms with Crippen molar-refractivity contribution >= 4 is 82.1 Å². The lowest BCUT2D eigenvalue weighted by molar-refractivity contribution is -0.143. The Bertz CT molecular complexity index is 2490. The van der Waals surface area contributed by atoms with Crippen molar-refractivity contribution in [2.24, 2.45) is 10.8 Å². The maximum atomic E-state index is 14.3. The molecule has 0 radical (unpaired) electrons. The molecule has 0 unspecified atom stereocenters. The molecule has 7 amide bonds. The molecule has 4 heterocycles. The van der Waals surface area contributed by atoms with Gasteiger partial charge in [0.25, 0.3) is 0 Å². The number of carbonyl (C=O) groups excluding carboxylic acids is 7. The van der Waals surface area contributed by atoms with E-state index in [0.717, 1.165) is 11.3 Å². The summed E-state index contributed by atoms with van der Waals surface area (Å²) in [6, 6.07) is 11.8. The van der Waals surface area contributed by atoms with E-state index in [1.807, 2.05) is 58.0 Å². The molecule has 72 heavy (non-hydrogen) atoms. The number of fused-ring (bicyclic) bond motifs is 2. The SMILES string of the molecule is CNCC(=S)N[C@H]1CCS[C@H]2CC(C)(C)[C@@H](C(=O)N[C@H](C(=O)NCC#CC#CCNC(=O)Cc3ccccc3CNC(=O)[C@H]3N4C(=O)[C@@H](NC(=O)[C@H](C)NC)CCS[C@H]4CC3(C)C)c3ccccc3)N2C1=O. The van der Waals surface area contributed by atoms with E-state index in [-0.39, 0.29) is 66.3 Å². The van der Waals surface area contributed by atoms with Gasteiger partial charge in [0.15, 0.2) is 0 Å². The van der Waals surface area contributed by atoms with Gasteiger partial charge in [-0.1, -0.05) is 106 Å². The molecule has 0 bridgehead atoms. The maximum Gasteiger partial charge on any atom is 0.247 e. The Morgan fingerprint density at radius 2 is 1.26 bits per heavy atom. The first kappa shape index (κ1) is 55.7. The van der Waals surface area contributed by atoms with Gasteiger partial charge >= 0.3 is 0 Å². The predicted octanol–water partition coefficient (Wildman–Crippen LogP) is 1.72. The number of nitrogens with zero attached hydrogens (tertiary/aromatic N) is 2. The molecule has 2 aromatic carbocycles. The summed E-state index contributed by atoms with van der Waals surface area (Å²) in [5, 5.41) is 23.1. The third-order valence-electron chi connectivity index (χ3n) is 13.5. The summed E-state index contributed by atoms with van der Waals surface area (Å²) in [7, 11) is 3.46. The molecule has 8 N–H and O–H groups in total. The Labute approximate surface area is 437 Å². The highest BCUT2D eigenvalue weighted by Gasteiger charge is 2.56. The minimum absolute atomic E-state index is 0.0197. The topological polar surface area (TPSA) is 222 Å². The Balaban J connectivity index is 1.00. The molecule has 4 aliphatic heterocycles. The lowest BCUT2D eigenvalue weighted by Crippen LogP contribution is -2.58. The van der Waals surface area contributed by atoms with E-state index in [9.17, 15) is 33.6 Å². The van der Waals surface area contributed by atoms with Crippen LogP contribution >= 0.6 is 35.7 Å². The normalized spacial score (nSPS) is 23.7. The van der Waals surface area contributed by atoms with Crippen LogP contribution in [0.4, 0.5) is 0 Å². The van der Waals surface area contributed by atoms with Crippen molar-refractivity contribution in [3.05, 3.63) is 71.3 Å². The van der Waals surface area contributed by atoms with Crippen molar-refractivity contribution in [2.45, 2.75) is 120 Å². The van der Waals surface area contributed by atoms with Crippen LogP contribution in [0, 0.1) is 34.5 Å². The third-order valence-corrected chi connectivity index (χ3v) is 16.2. The molecule has 6 rings (SSSR count). The van der Waals surface area contributed by atoms with Gasteiger partial charge in [-0.3, -0.25) is 33.6 Å². The van der Waals surface area contributed by atoms with Crippen molar-refractivity contribution < 1.29 is 33.6 Å². The number of amides is 7. The number of hydrogen-bond acceptors (Lipinski definition) is 12. The second-order valence-electron chi connectivity index (χ2n) is 19.7. The molecule has 20 heteroatoms. The summed E-state index contributed by atoms with van der Waals surface area (Å²) in [6.07, 6.45) is 2.31. The van der Waals surface area contributed by atoms with Crippen molar-refractivity contribution in [1.82, 2.24) is 52.3 Å². The molecule has 8 atom stereocenters. The molecule has 4 fully saturated rings. The van der Waals surface area contributed by atoms with Crippen LogP contribution < -0.4 is 42.5 Å². The van der Waals surface area contributed by atoms with Gasteiger partial charge in [0, 0.05) is 13.1 Å². The van der Waals surface area contributed by atoms with Crippen molar-refractivity contribution in [3.63, 3.8) is 0 Å². The zero-order valence-corrected chi connectivity index (χ0v) is 44.5. The number of thioether (sulfide) groups is 2. The molecule has 0 aromatic heterocycles. The van der Waals surface area contributed by atoms with Crippen molar-refractivity contribution in [1.29, 1.82) is 0 Å². The molecule has 2 aromatic rings. The first-order valence-electron chi connectivity index (χ1n) is 24.4. The molecular formula is C52H68N10O7S3. The van der Waals surface area contributed by atoms with E-state index in [1.165, 1.54) is 0 Å². The molecule has 386 valence electrons. The number of thiocarbonyl (C=S) groups is 1. The number of rotatable bonds is 17. The standard InChI is InChI=1S/C52H68N10O7S3/c1-32(54-7)45(64)59-37-22-26-72-40-28-51(2,3)43(61(40)50(37)69)47(66)57-30-35-20-14-13-19-34(35)27-38(63)55-23-15-8-9-16-24-56-46(65)42(33-17-11-10-12-18-33)60-48(67)44-52(4,5)29-41-62(44)49(68)36(21-25-71-41)58-39(70)31-53-6/h10-14,17-20,32,36-37,40-44,53-54H,21-31H2,1-7H3,(H,55,63)(H,56,65)(H,57,66)(H,58,70)(H,59,64)(H,60,67)/t32-,36-,37-,40-,41-,42-,43+,44+/m0/s1. The molecular weight excluding hydrogens is 973 g/mol. The first-order valence-corrected chi connectivity index (χ1v) is 26.9. The minimum Gasteiger partial charge on any atom is -0.367 e. The Morgan fingerprint density at radius 1 is 0.722 bits per heavy atom. The van der Waals surface area contributed by atoms with Gasteiger partial charge in [0.05, 0.1) is 41.3 Å². The van der Waals surface area contributed by atoms with Crippen LogP contribution in [0.5, 0.6) is 0 Å². The number of nitrogens with one attached hydrogen (secondary N) is 8. The molecule has 0 aliphatic carbocycles. The van der Waals surface area contributed by atoms with Gasteiger partial charge in [-0.2, -0.15) is 0 Å². The third kappa shape index (κ3) is 13.9. The van der Waals surface area contributed by atoms with Crippen molar-refractivity contribution in [2.75, 3.05) is 45.2 Å². The van der Waals surface area contributed by atoms with Crippen LogP contribution in [0.1, 0.15) is 83.0 Å². The van der Waals surface area contributed by atoms with E-state index in [4.69, 9.17) is 12.2 Å². The van der Waals surface area contributed by atoms with Crippen LogP contribution in [0.2, 0.25) is 0 Å². The minimum atomic E-state index is -1.07. The highest BCUT2D eigenvalue weighted by molar-refractivity contribution is 8.00. The highest BCUT2D eigenvalue weighted by atomic mass is 32.2. The van der Waals surface area contributed by atoms with Crippen LogP contribution in [0.15, 0.2) is 54.6 Å². The fourth-order valence-corrected chi connectivity index (χ4v) is 13.1. The summed E-state index contributed by atoms with van der Waals surface area (Å²) >= 11 is 8.73. The fraction of sp³-hybridized carbons (Fsp3) is 0.538. The maximum absolute atomic E-state index is 14.3. The lowest BCUT2D eigenvalue weighted by atomic mass is 9.83. The lowest BCUT2D eigenvalue weighted by Gasteiger charge is -2.35. The molecule has 0 saturated carbocycles. The monoisotopic (exact) mass is 1040 g/mol. The molecule has 0 spiro atoms. The summed E-state index contributed by atoms with van der Waals surface area (Å²) in [5.41, 5.74) is 0.926. The molecule has 17 nitrogen and oxygen atoms in total. The number of benzene rings is 2. The summed E-state index contributed by atoms with van der Waals surface area (Å²) in [6.45, 7) is 10.1. The average molecular weight is 1040 g/mol. The van der Waals surface area contributed by atoms with Gasteiger partial charge < -0.3 is 52.3 Å². The second kappa shape index (κ2) is 25.3. The van der Waals surface area contributed by atoms with Crippen LogP contribution in [0.3, 0.4) is 0 Å². The van der Waals surface area contributed by atoms with E-state index in [0.29, 0.717) is 54.1 Å². The predicted molar refractivity (Wildman–Crippen MR) is 285 cm³/mol. The number of hydrogen-bond donors (Lipinski definition) is 8. The van der Waals surface area contributed by atoms with Crippen molar-refractivity contribution in [3.8, 4) is 23.7 Å². The molecule has 4 saturated heterocycles. The Hall–Kier alpha value is -5.64. The summed E-state index contributed by atoms with van der Waals surface area (Å²) < 4.78 is 0. The Kier molecular flexibility index (Phi) is 19.6. The smallest absolute Gasteiger partial charge is 0.247 e. The quantitative estimate of drug-likeness (QED) is 0.0837. The van der Waals surface area contributed by atoms with Gasteiger partial charge in [-0.25, -0.2) is 0 Å². The van der Waals surface area contributed by atoms with E-state index in [2.05, 4.69) is 66.2 Å². The van der Waals surface area contributed by atoms with Gasteiger partial charge in [0.1, 0.15) is 30.2 Å². The van der Waals surface area contributed by atoms with E-state index < -0.39 is 58.9 Å². The van der Waals surface area contributed by atoms with Crippen LogP contribution in [-0.2, 0) is 46.5 Å². The summed E-state index contributed by atoms with van der Waals surface area (Å²) in [5.74, 6) is 10.2. The highest BCUT2D eigenvalue weighted by Crippen LogP contribution is 2.47. The first-order chi connectivity index (χ1) is 34.4. The zero-order valence-electron chi connectivity index (χ0n) is 42.1. The van der Waals surface area contributed by atoms with Gasteiger partial charge in [-0.05, 0) is 97.6 Å².